The van der Waals surface area contributed by atoms with Crippen LogP contribution in [0.4, 0.5) is 0 Å². The van der Waals surface area contributed by atoms with E-state index in [1.54, 1.807) is 0 Å². The summed E-state index contributed by atoms with van der Waals surface area (Å²) in [5, 5.41) is 0. The summed E-state index contributed by atoms with van der Waals surface area (Å²) < 4.78 is 30.4. The van der Waals surface area contributed by atoms with Gasteiger partial charge in [0.15, 0.2) is 0 Å². The average Bonchev–Trinajstić information content (AvgIpc) is 2.80. The van der Waals surface area contributed by atoms with E-state index in [1.807, 2.05) is 0 Å². The minimum Gasteiger partial charge on any atom is -0.287 e. The molecule has 0 rings (SSSR count). The van der Waals surface area contributed by atoms with E-state index >= 15 is 0 Å². The van der Waals surface area contributed by atoms with Gasteiger partial charge in [-0.1, -0.05) is 137 Å². The fourth-order valence-corrected chi connectivity index (χ4v) is 5.54. The van der Waals surface area contributed by atoms with E-state index in [4.69, 9.17) is 13.6 Å². The largest absolute Gasteiger partial charge is 0.475 e. The Kier molecular flexibility index (Phi) is 25.3. The van der Waals surface area contributed by atoms with E-state index in [-0.39, 0.29) is 6.10 Å². The van der Waals surface area contributed by atoms with Crippen molar-refractivity contribution < 1.29 is 18.1 Å². The molecule has 1 unspecified atom stereocenters. The summed E-state index contributed by atoms with van der Waals surface area (Å²) in [5.41, 5.74) is 0. The molecule has 1 atom stereocenters. The average molecular weight is 491 g/mol. The van der Waals surface area contributed by atoms with Crippen molar-refractivity contribution in [1.29, 1.82) is 0 Å². The monoisotopic (exact) mass is 490 g/mol. The number of phosphoric acid groups is 1. The van der Waals surface area contributed by atoms with Crippen LogP contribution in [-0.2, 0) is 18.1 Å². The molecule has 0 saturated heterocycles. The molecule has 0 aromatic heterocycles. The van der Waals surface area contributed by atoms with Crippen molar-refractivity contribution in [2.75, 3.05) is 13.2 Å². The lowest BCUT2D eigenvalue weighted by Crippen LogP contribution is -2.14. The first-order valence-electron chi connectivity index (χ1n) is 14.7. The van der Waals surface area contributed by atoms with Gasteiger partial charge in [-0.15, -0.1) is 0 Å². The number of rotatable bonds is 27. The highest BCUT2D eigenvalue weighted by molar-refractivity contribution is 7.48. The van der Waals surface area contributed by atoms with Crippen LogP contribution < -0.4 is 0 Å². The predicted octanol–water partition coefficient (Wildman–Crippen LogP) is 10.8. The van der Waals surface area contributed by atoms with Crippen molar-refractivity contribution in [3.05, 3.63) is 0 Å². The Morgan fingerprint density at radius 3 is 1.27 bits per heavy atom. The Hall–Kier alpha value is 0.110. The third-order valence-electron chi connectivity index (χ3n) is 6.26. The summed E-state index contributed by atoms with van der Waals surface area (Å²) in [5.74, 6) is 0. The zero-order chi connectivity index (χ0) is 24.5. The summed E-state index contributed by atoms with van der Waals surface area (Å²) in [7, 11) is -3.45. The molecule has 0 amide bonds. The molecule has 0 spiro atoms. The van der Waals surface area contributed by atoms with Crippen LogP contribution in [0.1, 0.15) is 163 Å². The van der Waals surface area contributed by atoms with Gasteiger partial charge in [0.2, 0.25) is 0 Å². The molecule has 0 radical (unpaired) electrons. The Morgan fingerprint density at radius 1 is 0.485 bits per heavy atom. The molecule has 0 heterocycles. The van der Waals surface area contributed by atoms with Gasteiger partial charge in [-0.2, -0.15) is 0 Å². The smallest absolute Gasteiger partial charge is 0.287 e. The highest BCUT2D eigenvalue weighted by Crippen LogP contribution is 2.51. The normalized spacial score (nSPS) is 13.0. The minimum atomic E-state index is -3.45. The molecule has 4 nitrogen and oxygen atoms in total. The second kappa shape index (κ2) is 25.2. The quantitative estimate of drug-likeness (QED) is 0.0848. The van der Waals surface area contributed by atoms with Crippen LogP contribution in [0.5, 0.6) is 0 Å². The van der Waals surface area contributed by atoms with Crippen LogP contribution in [0.3, 0.4) is 0 Å². The van der Waals surface area contributed by atoms with Gasteiger partial charge in [0.25, 0.3) is 0 Å². The molecule has 0 fully saturated rings. The maximum absolute atomic E-state index is 13.1. The lowest BCUT2D eigenvalue weighted by Gasteiger charge is -2.24. The van der Waals surface area contributed by atoms with E-state index in [1.165, 1.54) is 83.5 Å². The maximum atomic E-state index is 13.1. The fourth-order valence-electron chi connectivity index (χ4n) is 4.06. The van der Waals surface area contributed by atoms with Crippen molar-refractivity contribution in [3.63, 3.8) is 0 Å². The van der Waals surface area contributed by atoms with Crippen LogP contribution in [0.15, 0.2) is 0 Å². The summed E-state index contributed by atoms with van der Waals surface area (Å²) >= 11 is 0. The number of phosphoric ester groups is 1. The first kappa shape index (κ1) is 33.1. The topological polar surface area (TPSA) is 44.8 Å². The molecule has 0 bridgehead atoms. The Balaban J connectivity index is 3.98. The first-order valence-corrected chi connectivity index (χ1v) is 16.1. The zero-order valence-electron chi connectivity index (χ0n) is 22.9. The van der Waals surface area contributed by atoms with Gasteiger partial charge in [-0.25, -0.2) is 4.57 Å². The lowest BCUT2D eigenvalue weighted by atomic mass is 10.0. The minimum absolute atomic E-state index is 0.0265. The van der Waals surface area contributed by atoms with Crippen LogP contribution in [0.25, 0.3) is 0 Å². The third-order valence-corrected chi connectivity index (χ3v) is 7.82. The molecule has 200 valence electrons. The van der Waals surface area contributed by atoms with Crippen molar-refractivity contribution in [3.8, 4) is 0 Å². The van der Waals surface area contributed by atoms with Crippen molar-refractivity contribution in [2.45, 2.75) is 169 Å². The van der Waals surface area contributed by atoms with Gasteiger partial charge in [-0.3, -0.25) is 13.6 Å². The van der Waals surface area contributed by atoms with Gasteiger partial charge >= 0.3 is 7.82 Å². The van der Waals surface area contributed by atoms with Crippen molar-refractivity contribution >= 4 is 7.82 Å². The van der Waals surface area contributed by atoms with Crippen molar-refractivity contribution in [1.82, 2.24) is 0 Å². The molecule has 33 heavy (non-hydrogen) atoms. The maximum Gasteiger partial charge on any atom is 0.475 e. The highest BCUT2D eigenvalue weighted by Gasteiger charge is 2.30. The molecule has 0 aliphatic rings. The number of unbranched alkanes of at least 4 members (excludes halogenated alkanes) is 15. The summed E-state index contributed by atoms with van der Waals surface area (Å²) in [6, 6.07) is 0. The van der Waals surface area contributed by atoms with Gasteiger partial charge in [-0.05, 0) is 25.7 Å². The fraction of sp³-hybridized carbons (Fsp3) is 1.00. The molecule has 0 aromatic carbocycles. The first-order chi connectivity index (χ1) is 16.1. The molecule has 0 saturated carbocycles. The van der Waals surface area contributed by atoms with Gasteiger partial charge in [0.05, 0.1) is 19.3 Å². The summed E-state index contributed by atoms with van der Waals surface area (Å²) in [4.78, 5) is 0. The van der Waals surface area contributed by atoms with Gasteiger partial charge in [0.1, 0.15) is 0 Å². The SMILES string of the molecule is CCCCCCCCCCCCCCCCC(CCC)OP(=O)(OCCCC)OCCCC. The van der Waals surface area contributed by atoms with Gasteiger partial charge < -0.3 is 0 Å². The van der Waals surface area contributed by atoms with E-state index in [2.05, 4.69) is 27.7 Å². The molecule has 0 aliphatic carbocycles. The molecular weight excluding hydrogens is 431 g/mol. The lowest BCUT2D eigenvalue weighted by molar-refractivity contribution is 0.0677. The van der Waals surface area contributed by atoms with Crippen LogP contribution in [0, 0.1) is 0 Å². The van der Waals surface area contributed by atoms with E-state index in [0.29, 0.717) is 13.2 Å². The van der Waals surface area contributed by atoms with Gasteiger partial charge in [0, 0.05) is 0 Å². The molecule has 0 aromatic rings. The van der Waals surface area contributed by atoms with E-state index in [9.17, 15) is 4.57 Å². The molecule has 0 N–H and O–H groups in total. The zero-order valence-corrected chi connectivity index (χ0v) is 23.8. The second-order valence-corrected chi connectivity index (χ2v) is 11.3. The van der Waals surface area contributed by atoms with Crippen LogP contribution >= 0.6 is 7.82 Å². The Labute approximate surface area is 207 Å². The second-order valence-electron chi connectivity index (χ2n) is 9.72. The van der Waals surface area contributed by atoms with E-state index < -0.39 is 7.82 Å². The van der Waals surface area contributed by atoms with Crippen molar-refractivity contribution in [2.24, 2.45) is 0 Å². The highest BCUT2D eigenvalue weighted by atomic mass is 31.2. The molecule has 5 heteroatoms. The number of hydrogen-bond acceptors (Lipinski definition) is 4. The van der Waals surface area contributed by atoms with Crippen LogP contribution in [-0.4, -0.2) is 19.3 Å². The number of hydrogen-bond donors (Lipinski definition) is 0. The Morgan fingerprint density at radius 2 is 0.879 bits per heavy atom. The Bertz CT molecular complexity index is 416. The third kappa shape index (κ3) is 22.3. The predicted molar refractivity (Wildman–Crippen MR) is 144 cm³/mol. The standard InChI is InChI=1S/C28H59O4P/c1-5-9-12-13-14-15-16-17-18-19-20-21-22-23-25-28(24-8-4)32-33(29,30-26-10-6-2)31-27-11-7-3/h28H,5-27H2,1-4H3. The molecular formula is C28H59O4P. The summed E-state index contributed by atoms with van der Waals surface area (Å²) in [6.07, 6.45) is 25.7. The summed E-state index contributed by atoms with van der Waals surface area (Å²) in [6.45, 7) is 9.52. The molecule has 0 aliphatic heterocycles. The van der Waals surface area contributed by atoms with Crippen LogP contribution in [0.2, 0.25) is 0 Å². The van der Waals surface area contributed by atoms with E-state index in [0.717, 1.165) is 51.4 Å².